The number of carbonyl (C=O) groups excluding carboxylic acids is 1. The summed E-state index contributed by atoms with van der Waals surface area (Å²) in [7, 11) is 1.32. The van der Waals surface area contributed by atoms with Gasteiger partial charge in [-0.25, -0.2) is 4.79 Å². The van der Waals surface area contributed by atoms with E-state index in [0.717, 1.165) is 5.56 Å². The van der Waals surface area contributed by atoms with Gasteiger partial charge in [0.05, 0.1) is 40.5 Å². The van der Waals surface area contributed by atoms with Crippen molar-refractivity contribution >= 4 is 58.3 Å². The second kappa shape index (κ2) is 7.88. The minimum Gasteiger partial charge on any atom is -0.481 e. The van der Waals surface area contributed by atoms with Crippen LogP contribution in [-0.2, 0) is 15.3 Å². The minimum atomic E-state index is -0.969. The molecule has 0 unspecified atom stereocenters. The van der Waals surface area contributed by atoms with Gasteiger partial charge in [0.15, 0.2) is 4.99 Å². The van der Waals surface area contributed by atoms with Crippen LogP contribution in [0.4, 0.5) is 11.4 Å². The van der Waals surface area contributed by atoms with Crippen molar-refractivity contribution < 1.29 is 19.4 Å². The average Bonchev–Trinajstić information content (AvgIpc) is 2.96. The van der Waals surface area contributed by atoms with Gasteiger partial charge in [-0.3, -0.25) is 4.79 Å². The maximum atomic E-state index is 11.7. The number of thioether (sulfide) groups is 1. The van der Waals surface area contributed by atoms with Crippen molar-refractivity contribution in [1.82, 2.24) is 0 Å². The van der Waals surface area contributed by atoms with Crippen molar-refractivity contribution in [3.8, 4) is 0 Å². The summed E-state index contributed by atoms with van der Waals surface area (Å²) in [6, 6.07) is 10.3. The van der Waals surface area contributed by atoms with Gasteiger partial charge in [-0.2, -0.15) is 0 Å². The molecule has 1 aliphatic rings. The normalized spacial score (nSPS) is 14.0. The maximum Gasteiger partial charge on any atom is 0.337 e. The van der Waals surface area contributed by atoms with E-state index >= 15 is 0 Å². The first-order valence-corrected chi connectivity index (χ1v) is 9.64. The SMILES string of the molecule is COC(=O)c1cccc(CSC2(CC(=O)O)Nc3cc(Cl)c(Cl)cc3N2)c1. The number of rotatable bonds is 6. The fraction of sp³-hybridized carbons (Fsp3) is 0.222. The summed E-state index contributed by atoms with van der Waals surface area (Å²) < 4.78 is 4.73. The Labute approximate surface area is 170 Å². The number of ether oxygens (including phenoxy) is 1. The monoisotopic (exact) mass is 426 g/mol. The Morgan fingerprint density at radius 1 is 1.15 bits per heavy atom. The molecule has 2 aromatic rings. The number of fused-ring (bicyclic) bond motifs is 1. The molecule has 27 heavy (non-hydrogen) atoms. The molecular formula is C18H16Cl2N2O4S. The minimum absolute atomic E-state index is 0.182. The number of methoxy groups -OCH3 is 1. The van der Waals surface area contributed by atoms with Crippen LogP contribution in [0.3, 0.4) is 0 Å². The molecule has 0 atom stereocenters. The summed E-state index contributed by atoms with van der Waals surface area (Å²) in [4.78, 5) is 22.2. The van der Waals surface area contributed by atoms with Crippen molar-refractivity contribution in [2.24, 2.45) is 0 Å². The lowest BCUT2D eigenvalue weighted by Gasteiger charge is -2.28. The summed E-state index contributed by atoms with van der Waals surface area (Å²) in [5.41, 5.74) is 2.67. The number of carboxylic acid groups (broad SMARTS) is 1. The lowest BCUT2D eigenvalue weighted by atomic mass is 10.1. The van der Waals surface area contributed by atoms with E-state index in [1.807, 2.05) is 6.07 Å². The Bertz CT molecular complexity index is 876. The van der Waals surface area contributed by atoms with E-state index in [1.54, 1.807) is 30.3 Å². The number of benzene rings is 2. The van der Waals surface area contributed by atoms with Gasteiger partial charge < -0.3 is 20.5 Å². The van der Waals surface area contributed by atoms with E-state index in [1.165, 1.54) is 18.9 Å². The molecule has 1 aliphatic heterocycles. The lowest BCUT2D eigenvalue weighted by Crippen LogP contribution is -2.40. The van der Waals surface area contributed by atoms with Gasteiger partial charge >= 0.3 is 11.9 Å². The van der Waals surface area contributed by atoms with E-state index in [2.05, 4.69) is 10.6 Å². The first-order chi connectivity index (χ1) is 12.8. The van der Waals surface area contributed by atoms with E-state index in [-0.39, 0.29) is 6.42 Å². The van der Waals surface area contributed by atoms with E-state index < -0.39 is 16.9 Å². The Balaban J connectivity index is 1.81. The quantitative estimate of drug-likeness (QED) is 0.577. The molecule has 0 spiro atoms. The molecule has 142 valence electrons. The van der Waals surface area contributed by atoms with E-state index in [9.17, 15) is 14.7 Å². The number of carbonyl (C=O) groups is 2. The topological polar surface area (TPSA) is 87.7 Å². The number of hydrogen-bond donors (Lipinski definition) is 3. The molecule has 6 nitrogen and oxygen atoms in total. The number of anilines is 2. The Morgan fingerprint density at radius 3 is 2.33 bits per heavy atom. The molecule has 0 saturated carbocycles. The highest BCUT2D eigenvalue weighted by Crippen LogP contribution is 2.45. The Kier molecular flexibility index (Phi) is 5.74. The fourth-order valence-corrected chi connectivity index (χ4v) is 4.27. The Morgan fingerprint density at radius 2 is 1.78 bits per heavy atom. The molecule has 0 saturated heterocycles. The third-order valence-corrected chi connectivity index (χ3v) is 6.01. The van der Waals surface area contributed by atoms with Crippen LogP contribution >= 0.6 is 35.0 Å². The molecule has 3 rings (SSSR count). The molecule has 9 heteroatoms. The van der Waals surface area contributed by atoms with Crippen LogP contribution in [-0.4, -0.2) is 29.1 Å². The molecule has 3 N–H and O–H groups in total. The molecule has 0 bridgehead atoms. The highest BCUT2D eigenvalue weighted by Gasteiger charge is 2.39. The molecule has 2 aromatic carbocycles. The van der Waals surface area contributed by atoms with Gasteiger partial charge in [-0.05, 0) is 29.8 Å². The van der Waals surface area contributed by atoms with Crippen molar-refractivity contribution in [1.29, 1.82) is 0 Å². The third kappa shape index (κ3) is 4.43. The second-order valence-electron chi connectivity index (χ2n) is 5.94. The van der Waals surface area contributed by atoms with Gasteiger partial charge in [0.2, 0.25) is 0 Å². The molecule has 1 heterocycles. The number of hydrogen-bond acceptors (Lipinski definition) is 6. The van der Waals surface area contributed by atoms with Crippen molar-refractivity contribution in [3.63, 3.8) is 0 Å². The van der Waals surface area contributed by atoms with Crippen molar-refractivity contribution in [3.05, 3.63) is 57.6 Å². The largest absolute Gasteiger partial charge is 0.481 e. The predicted octanol–water partition coefficient (Wildman–Crippen LogP) is 4.68. The maximum absolute atomic E-state index is 11.7. The summed E-state index contributed by atoms with van der Waals surface area (Å²) in [5.74, 6) is -0.917. The van der Waals surface area contributed by atoms with Crippen LogP contribution in [0.25, 0.3) is 0 Å². The number of halogens is 2. The zero-order chi connectivity index (χ0) is 19.6. The van der Waals surface area contributed by atoms with Gasteiger partial charge in [-0.1, -0.05) is 35.3 Å². The highest BCUT2D eigenvalue weighted by atomic mass is 35.5. The number of aliphatic carboxylic acids is 1. The van der Waals surface area contributed by atoms with Crippen molar-refractivity contribution in [2.45, 2.75) is 17.2 Å². The summed E-state index contributed by atoms with van der Waals surface area (Å²) in [5, 5.41) is 16.5. The molecule has 0 aromatic heterocycles. The smallest absolute Gasteiger partial charge is 0.337 e. The van der Waals surface area contributed by atoms with Gasteiger partial charge in [0, 0.05) is 5.75 Å². The van der Waals surface area contributed by atoms with Crippen LogP contribution in [0.5, 0.6) is 0 Å². The molecule has 0 fully saturated rings. The van der Waals surface area contributed by atoms with Crippen LogP contribution in [0.2, 0.25) is 10.0 Å². The average molecular weight is 427 g/mol. The second-order valence-corrected chi connectivity index (χ2v) is 8.03. The lowest BCUT2D eigenvalue weighted by molar-refractivity contribution is -0.137. The van der Waals surface area contributed by atoms with E-state index in [4.69, 9.17) is 27.9 Å². The molecule has 0 amide bonds. The van der Waals surface area contributed by atoms with Crippen LogP contribution in [0.15, 0.2) is 36.4 Å². The van der Waals surface area contributed by atoms with Gasteiger partial charge in [0.25, 0.3) is 0 Å². The zero-order valence-electron chi connectivity index (χ0n) is 14.2. The fourth-order valence-electron chi connectivity index (χ4n) is 2.76. The summed E-state index contributed by atoms with van der Waals surface area (Å²) in [6.45, 7) is 0. The van der Waals surface area contributed by atoms with Gasteiger partial charge in [-0.15, -0.1) is 11.8 Å². The molecule has 0 radical (unpaired) electrons. The summed E-state index contributed by atoms with van der Waals surface area (Å²) >= 11 is 13.5. The Hall–Kier alpha value is -2.09. The first-order valence-electron chi connectivity index (χ1n) is 7.90. The van der Waals surface area contributed by atoms with Crippen LogP contribution in [0.1, 0.15) is 22.3 Å². The number of carboxylic acids is 1. The molecular weight excluding hydrogens is 411 g/mol. The third-order valence-electron chi connectivity index (χ3n) is 3.97. The number of esters is 1. The summed E-state index contributed by atoms with van der Waals surface area (Å²) in [6.07, 6.45) is -0.182. The van der Waals surface area contributed by atoms with E-state index in [0.29, 0.717) is 32.7 Å². The van der Waals surface area contributed by atoms with Crippen molar-refractivity contribution in [2.75, 3.05) is 17.7 Å². The highest BCUT2D eigenvalue weighted by molar-refractivity contribution is 8.00. The standard InChI is InChI=1S/C18H16Cl2N2O4S/c1-26-17(25)11-4-2-3-10(5-11)9-27-18(8-16(23)24)21-14-6-12(19)13(20)7-15(14)22-18/h2-7,21-22H,8-9H2,1H3,(H,23,24). The van der Waals surface area contributed by atoms with Crippen LogP contribution < -0.4 is 10.6 Å². The molecule has 0 aliphatic carbocycles. The van der Waals surface area contributed by atoms with Crippen LogP contribution in [0, 0.1) is 0 Å². The zero-order valence-corrected chi connectivity index (χ0v) is 16.5. The predicted molar refractivity (Wildman–Crippen MR) is 108 cm³/mol. The van der Waals surface area contributed by atoms with Gasteiger partial charge in [0.1, 0.15) is 0 Å². The first kappa shape index (κ1) is 19.7. The number of nitrogens with one attached hydrogen (secondary N) is 2.